The fourth-order valence-electron chi connectivity index (χ4n) is 3.09. The molecule has 1 aromatic heterocycles. The number of fused-ring (bicyclic) bond motifs is 1. The Kier molecular flexibility index (Phi) is 5.49. The zero-order valence-corrected chi connectivity index (χ0v) is 15.3. The molecule has 2 N–H and O–H groups in total. The van der Waals surface area contributed by atoms with Gasteiger partial charge < -0.3 is 14.8 Å². The first-order chi connectivity index (χ1) is 13.8. The van der Waals surface area contributed by atoms with E-state index in [0.717, 1.165) is 22.6 Å². The number of hydrogen-bond donors (Lipinski definition) is 2. The van der Waals surface area contributed by atoms with Gasteiger partial charge in [-0.2, -0.15) is 0 Å². The molecular formula is C22H21N3O3. The van der Waals surface area contributed by atoms with Crippen LogP contribution in [0, 0.1) is 0 Å². The standard InChI is InChI=1S/C22H21N3O3/c26-21(24-13-16-9-10-19-20(12-16)28-15-27-19)14-25-22(17-6-2-1-3-7-17)18-8-4-5-11-23-18/h1-12,22,25H,13-15H2,(H,24,26). The van der Waals surface area contributed by atoms with Gasteiger partial charge in [-0.05, 0) is 35.4 Å². The lowest BCUT2D eigenvalue weighted by Crippen LogP contribution is -2.36. The third-order valence-electron chi connectivity index (χ3n) is 4.51. The van der Waals surface area contributed by atoms with Gasteiger partial charge in [0.25, 0.3) is 0 Å². The zero-order chi connectivity index (χ0) is 19.2. The van der Waals surface area contributed by atoms with E-state index in [4.69, 9.17) is 9.47 Å². The molecule has 28 heavy (non-hydrogen) atoms. The number of carbonyl (C=O) groups is 1. The lowest BCUT2D eigenvalue weighted by molar-refractivity contribution is -0.120. The first-order valence-electron chi connectivity index (χ1n) is 9.14. The molecule has 1 amide bonds. The monoisotopic (exact) mass is 375 g/mol. The van der Waals surface area contributed by atoms with Gasteiger partial charge in [0.05, 0.1) is 18.3 Å². The highest BCUT2D eigenvalue weighted by Crippen LogP contribution is 2.32. The van der Waals surface area contributed by atoms with Crippen LogP contribution in [0.1, 0.15) is 22.9 Å². The summed E-state index contributed by atoms with van der Waals surface area (Å²) in [4.78, 5) is 16.8. The van der Waals surface area contributed by atoms with Gasteiger partial charge in [0, 0.05) is 12.7 Å². The molecule has 4 rings (SSSR count). The van der Waals surface area contributed by atoms with E-state index in [1.807, 2.05) is 66.7 Å². The van der Waals surface area contributed by atoms with Gasteiger partial charge in [-0.25, -0.2) is 0 Å². The van der Waals surface area contributed by atoms with E-state index in [-0.39, 0.29) is 25.3 Å². The van der Waals surface area contributed by atoms with Crippen LogP contribution in [0.25, 0.3) is 0 Å². The molecule has 142 valence electrons. The second-order valence-electron chi connectivity index (χ2n) is 6.44. The number of ether oxygens (including phenoxy) is 2. The molecule has 0 aliphatic carbocycles. The summed E-state index contributed by atoms with van der Waals surface area (Å²) >= 11 is 0. The number of nitrogens with one attached hydrogen (secondary N) is 2. The maximum Gasteiger partial charge on any atom is 0.234 e. The molecule has 1 unspecified atom stereocenters. The molecule has 0 fully saturated rings. The molecule has 2 aromatic carbocycles. The molecule has 1 atom stereocenters. The van der Waals surface area contributed by atoms with Crippen molar-refractivity contribution >= 4 is 5.91 Å². The lowest BCUT2D eigenvalue weighted by atomic mass is 10.0. The molecule has 3 aromatic rings. The summed E-state index contributed by atoms with van der Waals surface area (Å²) in [5, 5.41) is 6.24. The molecule has 0 saturated carbocycles. The van der Waals surface area contributed by atoms with E-state index < -0.39 is 0 Å². The largest absolute Gasteiger partial charge is 0.454 e. The fraction of sp³-hybridized carbons (Fsp3) is 0.182. The first-order valence-corrected chi connectivity index (χ1v) is 9.14. The minimum absolute atomic E-state index is 0.0884. The van der Waals surface area contributed by atoms with Crippen LogP contribution in [0.5, 0.6) is 11.5 Å². The molecule has 1 aliphatic rings. The highest BCUT2D eigenvalue weighted by Gasteiger charge is 2.16. The smallest absolute Gasteiger partial charge is 0.234 e. The molecule has 2 heterocycles. The number of amides is 1. The zero-order valence-electron chi connectivity index (χ0n) is 15.3. The van der Waals surface area contributed by atoms with Crippen molar-refractivity contribution in [2.75, 3.05) is 13.3 Å². The van der Waals surface area contributed by atoms with E-state index in [0.29, 0.717) is 12.3 Å². The molecule has 0 saturated heterocycles. The third-order valence-corrected chi connectivity index (χ3v) is 4.51. The van der Waals surface area contributed by atoms with Gasteiger partial charge in [0.1, 0.15) is 0 Å². The van der Waals surface area contributed by atoms with Gasteiger partial charge in [-0.1, -0.05) is 42.5 Å². The van der Waals surface area contributed by atoms with E-state index in [1.54, 1.807) is 6.20 Å². The number of carbonyl (C=O) groups excluding carboxylic acids is 1. The lowest BCUT2D eigenvalue weighted by Gasteiger charge is -2.18. The van der Waals surface area contributed by atoms with Crippen LogP contribution in [-0.4, -0.2) is 24.2 Å². The summed E-state index contributed by atoms with van der Waals surface area (Å²) in [5.74, 6) is 1.36. The average molecular weight is 375 g/mol. The summed E-state index contributed by atoms with van der Waals surface area (Å²) in [6, 6.07) is 21.3. The Morgan fingerprint density at radius 1 is 1.00 bits per heavy atom. The Morgan fingerprint density at radius 2 is 1.82 bits per heavy atom. The summed E-state index contributed by atoms with van der Waals surface area (Å²) in [7, 11) is 0. The SMILES string of the molecule is O=C(CNC(c1ccccc1)c1ccccn1)NCc1ccc2c(c1)OCO2. The van der Waals surface area contributed by atoms with Gasteiger partial charge >= 0.3 is 0 Å². The number of benzene rings is 2. The maximum atomic E-state index is 12.4. The Balaban J connectivity index is 1.36. The van der Waals surface area contributed by atoms with E-state index in [1.165, 1.54) is 0 Å². The molecule has 0 bridgehead atoms. The summed E-state index contributed by atoms with van der Waals surface area (Å²) in [5.41, 5.74) is 2.89. The van der Waals surface area contributed by atoms with Gasteiger partial charge in [-0.15, -0.1) is 0 Å². The van der Waals surface area contributed by atoms with Crippen LogP contribution < -0.4 is 20.1 Å². The normalized spacial score (nSPS) is 13.1. The van der Waals surface area contributed by atoms with E-state index in [9.17, 15) is 4.79 Å². The molecule has 1 aliphatic heterocycles. The average Bonchev–Trinajstić information content (AvgIpc) is 3.22. The summed E-state index contributed by atoms with van der Waals surface area (Å²) in [6.45, 7) is 0.848. The predicted octanol–water partition coefficient (Wildman–Crippen LogP) is 2.81. The Morgan fingerprint density at radius 3 is 2.64 bits per heavy atom. The van der Waals surface area contributed by atoms with Crippen molar-refractivity contribution in [1.29, 1.82) is 0 Å². The minimum Gasteiger partial charge on any atom is -0.454 e. The van der Waals surface area contributed by atoms with Crippen molar-refractivity contribution in [3.05, 3.63) is 89.7 Å². The van der Waals surface area contributed by atoms with E-state index in [2.05, 4.69) is 15.6 Å². The number of pyridine rings is 1. The second-order valence-corrected chi connectivity index (χ2v) is 6.44. The number of rotatable bonds is 7. The molecule has 0 radical (unpaired) electrons. The van der Waals surface area contributed by atoms with Gasteiger partial charge in [0.15, 0.2) is 11.5 Å². The number of hydrogen-bond acceptors (Lipinski definition) is 5. The van der Waals surface area contributed by atoms with Gasteiger partial charge in [0.2, 0.25) is 12.7 Å². The van der Waals surface area contributed by atoms with Crippen LogP contribution in [0.2, 0.25) is 0 Å². The molecular weight excluding hydrogens is 354 g/mol. The minimum atomic E-state index is -0.154. The van der Waals surface area contributed by atoms with Crippen molar-refractivity contribution < 1.29 is 14.3 Å². The van der Waals surface area contributed by atoms with Crippen LogP contribution >= 0.6 is 0 Å². The third kappa shape index (κ3) is 4.29. The molecule has 6 nitrogen and oxygen atoms in total. The fourth-order valence-corrected chi connectivity index (χ4v) is 3.09. The van der Waals surface area contributed by atoms with Gasteiger partial charge in [-0.3, -0.25) is 15.1 Å². The van der Waals surface area contributed by atoms with Crippen molar-refractivity contribution in [3.8, 4) is 11.5 Å². The van der Waals surface area contributed by atoms with Crippen LogP contribution in [0.3, 0.4) is 0 Å². The second kappa shape index (κ2) is 8.54. The van der Waals surface area contributed by atoms with Crippen LogP contribution in [0.4, 0.5) is 0 Å². The quantitative estimate of drug-likeness (QED) is 0.664. The molecule has 6 heteroatoms. The van der Waals surface area contributed by atoms with Crippen LogP contribution in [-0.2, 0) is 11.3 Å². The highest BCUT2D eigenvalue weighted by atomic mass is 16.7. The number of nitrogens with zero attached hydrogens (tertiary/aromatic N) is 1. The van der Waals surface area contributed by atoms with Crippen molar-refractivity contribution in [1.82, 2.24) is 15.6 Å². The van der Waals surface area contributed by atoms with E-state index >= 15 is 0 Å². The van der Waals surface area contributed by atoms with Crippen LogP contribution in [0.15, 0.2) is 72.9 Å². The molecule has 0 spiro atoms. The Hall–Kier alpha value is -3.38. The van der Waals surface area contributed by atoms with Crippen molar-refractivity contribution in [2.24, 2.45) is 0 Å². The summed E-state index contributed by atoms with van der Waals surface area (Å²) < 4.78 is 10.7. The summed E-state index contributed by atoms with van der Waals surface area (Å²) in [6.07, 6.45) is 1.76. The topological polar surface area (TPSA) is 72.5 Å². The van der Waals surface area contributed by atoms with Crippen molar-refractivity contribution in [3.63, 3.8) is 0 Å². The van der Waals surface area contributed by atoms with Crippen molar-refractivity contribution in [2.45, 2.75) is 12.6 Å². The first kappa shape index (κ1) is 18.0. The Labute approximate surface area is 163 Å². The maximum absolute atomic E-state index is 12.4. The number of aromatic nitrogens is 1. The highest BCUT2D eigenvalue weighted by molar-refractivity contribution is 5.78. The predicted molar refractivity (Wildman–Crippen MR) is 105 cm³/mol. The Bertz CT molecular complexity index is 893.